The van der Waals surface area contributed by atoms with Crippen LogP contribution in [-0.4, -0.2) is 37.7 Å². The van der Waals surface area contributed by atoms with Crippen molar-refractivity contribution in [1.82, 2.24) is 20.5 Å². The zero-order chi connectivity index (χ0) is 24.8. The number of rotatable bonds is 9. The van der Waals surface area contributed by atoms with Gasteiger partial charge in [0.15, 0.2) is 0 Å². The minimum atomic E-state index is -0.551. The van der Waals surface area contributed by atoms with Crippen LogP contribution in [0.2, 0.25) is 0 Å². The van der Waals surface area contributed by atoms with E-state index in [2.05, 4.69) is 41.7 Å². The number of aromatic nitrogens is 3. The molecule has 0 aliphatic carbocycles. The van der Waals surface area contributed by atoms with Crippen molar-refractivity contribution in [3.63, 3.8) is 0 Å². The number of aromatic amines is 1. The molecule has 0 bridgehead atoms. The highest BCUT2D eigenvalue weighted by Gasteiger charge is 2.24. The van der Waals surface area contributed by atoms with Gasteiger partial charge in [0.25, 0.3) is 11.6 Å². The van der Waals surface area contributed by atoms with Crippen molar-refractivity contribution in [1.29, 1.82) is 0 Å². The van der Waals surface area contributed by atoms with Crippen molar-refractivity contribution < 1.29 is 14.5 Å². The van der Waals surface area contributed by atoms with Gasteiger partial charge in [-0.1, -0.05) is 47.6 Å². The summed E-state index contributed by atoms with van der Waals surface area (Å²) < 4.78 is 0.963. The average Bonchev–Trinajstić information content (AvgIpc) is 3.27. The molecule has 2 aromatic carbocycles. The van der Waals surface area contributed by atoms with Crippen LogP contribution in [-0.2, 0) is 4.79 Å². The van der Waals surface area contributed by atoms with Crippen LogP contribution in [0.4, 0.5) is 11.4 Å². The highest BCUT2D eigenvalue weighted by Crippen LogP contribution is 2.23. The van der Waals surface area contributed by atoms with E-state index in [0.717, 1.165) is 21.8 Å². The Hall–Kier alpha value is -3.25. The summed E-state index contributed by atoms with van der Waals surface area (Å²) in [5.74, 6) is -0.161. The number of anilines is 1. The Morgan fingerprint density at radius 2 is 2.00 bits per heavy atom. The van der Waals surface area contributed by atoms with E-state index >= 15 is 0 Å². The molecule has 3 N–H and O–H groups in total. The third-order valence-corrected chi connectivity index (χ3v) is 6.56. The fourth-order valence-corrected chi connectivity index (χ4v) is 3.90. The number of nitrogens with zero attached hydrogens (tertiary/aromatic N) is 3. The first-order valence-electron chi connectivity index (χ1n) is 10.3. The van der Waals surface area contributed by atoms with Crippen LogP contribution in [0, 0.1) is 23.0 Å². The number of nitrogens with one attached hydrogen (secondary N) is 3. The highest BCUT2D eigenvalue weighted by atomic mass is 79.9. The number of non-ortho nitro benzene ring substituents is 1. The summed E-state index contributed by atoms with van der Waals surface area (Å²) in [5, 5.41) is 24.0. The molecule has 178 valence electrons. The van der Waals surface area contributed by atoms with Gasteiger partial charge in [-0.15, -0.1) is 5.10 Å². The molecule has 0 saturated carbocycles. The topological polar surface area (TPSA) is 143 Å². The molecule has 1 heterocycles. The normalized spacial score (nSPS) is 11.8. The molecule has 0 fully saturated rings. The van der Waals surface area contributed by atoms with Crippen LogP contribution < -0.4 is 10.6 Å². The molecule has 12 heteroatoms. The predicted molar refractivity (Wildman–Crippen MR) is 133 cm³/mol. The molecule has 1 atom stereocenters. The smallest absolute Gasteiger partial charge is 0.270 e. The van der Waals surface area contributed by atoms with E-state index in [1.807, 2.05) is 39.0 Å². The van der Waals surface area contributed by atoms with Crippen LogP contribution in [0.1, 0.15) is 41.6 Å². The van der Waals surface area contributed by atoms with Gasteiger partial charge in [0.2, 0.25) is 11.1 Å². The fourth-order valence-electron chi connectivity index (χ4n) is 3.05. The summed E-state index contributed by atoms with van der Waals surface area (Å²) >= 11 is 4.59. The summed E-state index contributed by atoms with van der Waals surface area (Å²) in [7, 11) is 0. The molecule has 10 nitrogen and oxygen atoms in total. The summed E-state index contributed by atoms with van der Waals surface area (Å²) in [6.45, 7) is 5.75. The number of H-pyrrole nitrogens is 1. The molecule has 0 aliphatic heterocycles. The number of hydrogen-bond acceptors (Lipinski definition) is 7. The first-order chi connectivity index (χ1) is 16.1. The van der Waals surface area contributed by atoms with E-state index < -0.39 is 16.9 Å². The largest absolute Gasteiger partial charge is 0.342 e. The minimum absolute atomic E-state index is 0.0441. The second kappa shape index (κ2) is 11.3. The first-order valence-corrected chi connectivity index (χ1v) is 12.1. The molecule has 0 spiro atoms. The fraction of sp³-hybridized carbons (Fsp3) is 0.273. The number of nitro groups is 1. The van der Waals surface area contributed by atoms with Gasteiger partial charge in [0, 0.05) is 27.9 Å². The van der Waals surface area contributed by atoms with Crippen molar-refractivity contribution in [2.24, 2.45) is 5.92 Å². The highest BCUT2D eigenvalue weighted by molar-refractivity contribution is 9.10. The van der Waals surface area contributed by atoms with Crippen molar-refractivity contribution in [3.8, 4) is 0 Å². The number of nitro benzene ring substituents is 1. The second-order valence-corrected chi connectivity index (χ2v) is 9.60. The number of amides is 2. The van der Waals surface area contributed by atoms with Gasteiger partial charge in [-0.25, -0.2) is 4.98 Å². The van der Waals surface area contributed by atoms with E-state index in [4.69, 9.17) is 0 Å². The van der Waals surface area contributed by atoms with Crippen LogP contribution >= 0.6 is 27.7 Å². The maximum absolute atomic E-state index is 12.7. The molecule has 0 radical (unpaired) electrons. The number of carbonyl (C=O) groups is 2. The third-order valence-electron chi connectivity index (χ3n) is 4.82. The van der Waals surface area contributed by atoms with Crippen molar-refractivity contribution >= 4 is 50.9 Å². The van der Waals surface area contributed by atoms with Gasteiger partial charge in [0.1, 0.15) is 5.82 Å². The maximum atomic E-state index is 12.7. The third kappa shape index (κ3) is 6.64. The lowest BCUT2D eigenvalue weighted by Crippen LogP contribution is -2.32. The predicted octanol–water partition coefficient (Wildman–Crippen LogP) is 4.64. The quantitative estimate of drug-likeness (QED) is 0.201. The second-order valence-electron chi connectivity index (χ2n) is 7.81. The van der Waals surface area contributed by atoms with Crippen molar-refractivity contribution in [2.45, 2.75) is 32.0 Å². The molecule has 1 aromatic heterocycles. The number of hydrogen-bond donors (Lipinski definition) is 3. The SMILES string of the molecule is Cc1cc(NC(=O)CSc2n[nH]c([C@@H](NC(=O)c3cccc([N+](=O)[O-])c3)C(C)C)n2)ccc1Br. The monoisotopic (exact) mass is 546 g/mol. The summed E-state index contributed by atoms with van der Waals surface area (Å²) in [6.07, 6.45) is 0. The number of carbonyl (C=O) groups excluding carboxylic acids is 2. The van der Waals surface area contributed by atoms with Crippen LogP contribution in [0.5, 0.6) is 0 Å². The van der Waals surface area contributed by atoms with E-state index in [-0.39, 0.29) is 28.8 Å². The lowest BCUT2D eigenvalue weighted by molar-refractivity contribution is -0.384. The molecular formula is C22H23BrN6O4S. The summed E-state index contributed by atoms with van der Waals surface area (Å²) in [5.41, 5.74) is 1.72. The maximum Gasteiger partial charge on any atom is 0.270 e. The van der Waals surface area contributed by atoms with E-state index in [0.29, 0.717) is 16.7 Å². The number of halogens is 1. The summed E-state index contributed by atoms with van der Waals surface area (Å²) in [6, 6.07) is 10.6. The van der Waals surface area contributed by atoms with Gasteiger partial charge >= 0.3 is 0 Å². The minimum Gasteiger partial charge on any atom is -0.342 e. The summed E-state index contributed by atoms with van der Waals surface area (Å²) in [4.78, 5) is 39.8. The Labute approximate surface area is 208 Å². The lowest BCUT2D eigenvalue weighted by atomic mass is 10.0. The number of aryl methyl sites for hydroxylation is 1. The van der Waals surface area contributed by atoms with E-state index in [1.165, 1.54) is 24.3 Å². The van der Waals surface area contributed by atoms with Crippen LogP contribution in [0.15, 0.2) is 52.1 Å². The molecule has 0 aliphatic rings. The van der Waals surface area contributed by atoms with Crippen LogP contribution in [0.3, 0.4) is 0 Å². The zero-order valence-corrected chi connectivity index (χ0v) is 21.1. The van der Waals surface area contributed by atoms with Crippen LogP contribution in [0.25, 0.3) is 0 Å². The number of thioether (sulfide) groups is 1. The standard InChI is InChI=1S/C22H23BrN6O4S/c1-12(2)19(25-21(31)14-5-4-6-16(10-14)29(32)33)20-26-22(28-27-20)34-11-18(30)24-15-7-8-17(23)13(3)9-15/h4-10,12,19H,11H2,1-3H3,(H,24,30)(H,25,31)(H,26,27,28)/t19-/m0/s1. The van der Waals surface area contributed by atoms with E-state index in [1.54, 1.807) is 0 Å². The molecule has 2 amide bonds. The Bertz CT molecular complexity index is 1220. The average molecular weight is 547 g/mol. The molecule has 34 heavy (non-hydrogen) atoms. The number of benzene rings is 2. The van der Waals surface area contributed by atoms with Gasteiger partial charge in [-0.05, 0) is 42.7 Å². The Morgan fingerprint density at radius 1 is 1.24 bits per heavy atom. The van der Waals surface area contributed by atoms with Gasteiger partial charge in [0.05, 0.1) is 16.7 Å². The lowest BCUT2D eigenvalue weighted by Gasteiger charge is -2.19. The molecule has 0 unspecified atom stereocenters. The van der Waals surface area contributed by atoms with Gasteiger partial charge in [-0.3, -0.25) is 24.8 Å². The van der Waals surface area contributed by atoms with Crippen molar-refractivity contribution in [2.75, 3.05) is 11.1 Å². The van der Waals surface area contributed by atoms with Crippen molar-refractivity contribution in [3.05, 3.63) is 74.0 Å². The zero-order valence-electron chi connectivity index (χ0n) is 18.7. The molecular weight excluding hydrogens is 524 g/mol. The molecule has 0 saturated heterocycles. The van der Waals surface area contributed by atoms with E-state index in [9.17, 15) is 19.7 Å². The Morgan fingerprint density at radius 3 is 2.68 bits per heavy atom. The molecule has 3 aromatic rings. The van der Waals surface area contributed by atoms with Gasteiger partial charge < -0.3 is 10.6 Å². The Balaban J connectivity index is 1.62. The molecule has 3 rings (SSSR count). The first kappa shape index (κ1) is 25.4. The van der Waals surface area contributed by atoms with Gasteiger partial charge in [-0.2, -0.15) is 0 Å². The Kier molecular flexibility index (Phi) is 8.40.